The lowest BCUT2D eigenvalue weighted by molar-refractivity contribution is -0.670. The molecule has 0 spiro atoms. The quantitative estimate of drug-likeness (QED) is 0.290. The van der Waals surface area contributed by atoms with Gasteiger partial charge in [-0.25, -0.2) is 4.57 Å². The molecule has 10 heteroatoms. The molecule has 5 rings (SSSR count). The zero-order valence-electron chi connectivity index (χ0n) is 25.9. The number of carbonyl (C=O) groups excluding carboxylic acids is 1. The second-order valence-electron chi connectivity index (χ2n) is 11.4. The molecule has 1 N–H and O–H groups in total. The number of aliphatic carboxylic acids is 1. The Hall–Kier alpha value is -4.31. The van der Waals surface area contributed by atoms with Gasteiger partial charge in [0, 0.05) is 31.1 Å². The second-order valence-corrected chi connectivity index (χ2v) is 11.4. The average molecular weight is 605 g/mol. The van der Waals surface area contributed by atoms with E-state index < -0.39 is 23.8 Å². The van der Waals surface area contributed by atoms with Gasteiger partial charge in [0.1, 0.15) is 18.5 Å². The van der Waals surface area contributed by atoms with Crippen LogP contribution in [0.1, 0.15) is 43.2 Å². The average Bonchev–Trinajstić information content (AvgIpc) is 3.64. The standard InChI is InChI=1S/C34H41N3O7/c1-5-6-16-37(25-11-9-15-35(2)19-25)31(38)21-36-20-26(24-17-29(42-4)33-30(18-24)43-22-44-33)32(34(39)40)27(36)14-13-23-10-7-8-12-28(23)41-3/h7-12,15,17-19,26-27,32H,5-6,13-14,16,20-22H2,1-4H3/p+1/t26-,27+,32?/m1/s1. The number of carboxylic acids is 1. The Bertz CT molecular complexity index is 1480. The Morgan fingerprint density at radius 3 is 2.61 bits per heavy atom. The number of amides is 1. The first-order chi connectivity index (χ1) is 21.3. The lowest BCUT2D eigenvalue weighted by Crippen LogP contribution is -2.45. The molecule has 10 nitrogen and oxygen atoms in total. The SMILES string of the molecule is CCCCN(C(=O)CN1C[C@H](c2cc(OC)c3c(c2)OCO3)C(C(=O)O)[C@@H]1CCc1ccccc1OC)c1ccc[n+](C)c1. The Labute approximate surface area is 258 Å². The van der Waals surface area contributed by atoms with Crippen LogP contribution in [0.2, 0.25) is 0 Å². The van der Waals surface area contributed by atoms with E-state index in [1.807, 2.05) is 77.4 Å². The number of ether oxygens (including phenoxy) is 4. The van der Waals surface area contributed by atoms with Crippen LogP contribution in [-0.4, -0.2) is 68.6 Å². The maximum atomic E-state index is 14.1. The summed E-state index contributed by atoms with van der Waals surface area (Å²) in [6.45, 7) is 3.26. The normalized spacial score (nSPS) is 19.1. The highest BCUT2D eigenvalue weighted by molar-refractivity contribution is 5.94. The number of anilines is 1. The van der Waals surface area contributed by atoms with E-state index >= 15 is 0 Å². The Morgan fingerprint density at radius 2 is 1.89 bits per heavy atom. The number of fused-ring (bicyclic) bond motifs is 1. The van der Waals surface area contributed by atoms with E-state index in [-0.39, 0.29) is 19.2 Å². The zero-order chi connectivity index (χ0) is 31.2. The minimum absolute atomic E-state index is 0.0556. The van der Waals surface area contributed by atoms with Crippen molar-refractivity contribution in [3.05, 3.63) is 72.1 Å². The molecular formula is C34H42N3O7+. The van der Waals surface area contributed by atoms with Crippen LogP contribution in [0.25, 0.3) is 0 Å². The van der Waals surface area contributed by atoms with Gasteiger partial charge in [0.25, 0.3) is 0 Å². The number of carbonyl (C=O) groups is 2. The summed E-state index contributed by atoms with van der Waals surface area (Å²) in [5, 5.41) is 10.7. The van der Waals surface area contributed by atoms with E-state index in [1.165, 1.54) is 0 Å². The molecule has 1 aromatic heterocycles. The number of likely N-dealkylation sites (tertiary alicyclic amines) is 1. The number of unbranched alkanes of at least 4 members (excludes halogenated alkanes) is 1. The number of hydrogen-bond acceptors (Lipinski definition) is 7. The number of carboxylic acid groups (broad SMARTS) is 1. The van der Waals surface area contributed by atoms with Crippen molar-refractivity contribution in [1.82, 2.24) is 4.90 Å². The van der Waals surface area contributed by atoms with Crippen LogP contribution in [-0.2, 0) is 23.1 Å². The number of aryl methyl sites for hydroxylation is 2. The van der Waals surface area contributed by atoms with Gasteiger partial charge in [0.15, 0.2) is 23.9 Å². The van der Waals surface area contributed by atoms with Gasteiger partial charge in [0.05, 0.1) is 26.7 Å². The van der Waals surface area contributed by atoms with Crippen molar-refractivity contribution >= 4 is 17.6 Å². The fraction of sp³-hybridized carbons (Fsp3) is 0.441. The molecule has 3 heterocycles. The summed E-state index contributed by atoms with van der Waals surface area (Å²) in [4.78, 5) is 31.0. The lowest BCUT2D eigenvalue weighted by atomic mass is 9.83. The number of methoxy groups -OCH3 is 2. The topological polar surface area (TPSA) is 102 Å². The van der Waals surface area contributed by atoms with Gasteiger partial charge >= 0.3 is 5.97 Å². The van der Waals surface area contributed by atoms with E-state index in [2.05, 4.69) is 11.8 Å². The number of hydrogen-bond donors (Lipinski definition) is 1. The maximum absolute atomic E-state index is 14.1. The van der Waals surface area contributed by atoms with Gasteiger partial charge in [-0.15, -0.1) is 0 Å². The zero-order valence-corrected chi connectivity index (χ0v) is 25.9. The monoisotopic (exact) mass is 604 g/mol. The number of pyridine rings is 1. The number of para-hydroxylation sites is 1. The Kier molecular flexibility index (Phi) is 9.89. The molecule has 2 aliphatic heterocycles. The van der Waals surface area contributed by atoms with Crippen LogP contribution in [0.15, 0.2) is 60.9 Å². The first-order valence-electron chi connectivity index (χ1n) is 15.2. The van der Waals surface area contributed by atoms with Gasteiger partial charge in [-0.05, 0) is 54.7 Å². The molecule has 3 atom stereocenters. The molecule has 0 saturated carbocycles. The molecule has 1 amide bonds. The highest BCUT2D eigenvalue weighted by Gasteiger charge is 2.47. The summed E-state index contributed by atoms with van der Waals surface area (Å²) in [6, 6.07) is 14.9. The van der Waals surface area contributed by atoms with Crippen LogP contribution in [0.5, 0.6) is 23.0 Å². The number of aromatic nitrogens is 1. The maximum Gasteiger partial charge on any atom is 0.308 e. The molecule has 0 radical (unpaired) electrons. The molecule has 2 aromatic carbocycles. The number of nitrogens with zero attached hydrogens (tertiary/aromatic N) is 3. The molecule has 2 aliphatic rings. The smallest absolute Gasteiger partial charge is 0.308 e. The van der Waals surface area contributed by atoms with Crippen LogP contribution >= 0.6 is 0 Å². The molecule has 1 unspecified atom stereocenters. The van der Waals surface area contributed by atoms with Crippen molar-refractivity contribution in [2.45, 2.75) is 44.6 Å². The summed E-state index contributed by atoms with van der Waals surface area (Å²) in [7, 11) is 5.12. The fourth-order valence-electron chi connectivity index (χ4n) is 6.47. The summed E-state index contributed by atoms with van der Waals surface area (Å²) >= 11 is 0. The van der Waals surface area contributed by atoms with Crippen molar-refractivity contribution in [3.63, 3.8) is 0 Å². The molecule has 44 heavy (non-hydrogen) atoms. The van der Waals surface area contributed by atoms with Crippen LogP contribution in [0.4, 0.5) is 5.69 Å². The molecule has 234 valence electrons. The molecule has 1 fully saturated rings. The molecule has 1 saturated heterocycles. The minimum Gasteiger partial charge on any atom is -0.496 e. The van der Waals surface area contributed by atoms with E-state index in [0.717, 1.165) is 35.4 Å². The van der Waals surface area contributed by atoms with Crippen LogP contribution < -0.4 is 28.4 Å². The number of benzene rings is 2. The first kappa shape index (κ1) is 31.1. The third-order valence-electron chi connectivity index (χ3n) is 8.65. The molecular weight excluding hydrogens is 562 g/mol. The van der Waals surface area contributed by atoms with Crippen molar-refractivity contribution in [2.24, 2.45) is 13.0 Å². The lowest BCUT2D eigenvalue weighted by Gasteiger charge is -2.29. The summed E-state index contributed by atoms with van der Waals surface area (Å²) in [5.74, 6) is 0.201. The number of rotatable bonds is 13. The second kappa shape index (κ2) is 14.0. The third kappa shape index (κ3) is 6.60. The van der Waals surface area contributed by atoms with Crippen LogP contribution in [0.3, 0.4) is 0 Å². The minimum atomic E-state index is -0.899. The highest BCUT2D eigenvalue weighted by atomic mass is 16.7. The van der Waals surface area contributed by atoms with Gasteiger partial charge in [-0.2, -0.15) is 0 Å². The van der Waals surface area contributed by atoms with Gasteiger partial charge in [-0.3, -0.25) is 14.5 Å². The highest BCUT2D eigenvalue weighted by Crippen LogP contribution is 2.47. The van der Waals surface area contributed by atoms with Gasteiger partial charge < -0.3 is 29.0 Å². The van der Waals surface area contributed by atoms with E-state index in [0.29, 0.717) is 43.2 Å². The van der Waals surface area contributed by atoms with Gasteiger partial charge in [0.2, 0.25) is 18.4 Å². The predicted octanol–water partition coefficient (Wildman–Crippen LogP) is 4.19. The summed E-state index contributed by atoms with van der Waals surface area (Å²) < 4.78 is 24.4. The molecule has 0 bridgehead atoms. The van der Waals surface area contributed by atoms with Gasteiger partial charge in [-0.1, -0.05) is 31.5 Å². The van der Waals surface area contributed by atoms with Crippen molar-refractivity contribution < 1.29 is 38.2 Å². The fourth-order valence-corrected chi connectivity index (χ4v) is 6.47. The van der Waals surface area contributed by atoms with E-state index in [1.54, 1.807) is 14.2 Å². The largest absolute Gasteiger partial charge is 0.496 e. The summed E-state index contributed by atoms with van der Waals surface area (Å²) in [5.41, 5.74) is 2.61. The first-order valence-corrected chi connectivity index (χ1v) is 15.2. The molecule has 3 aromatic rings. The molecule has 0 aliphatic carbocycles. The predicted molar refractivity (Wildman–Crippen MR) is 165 cm³/mol. The van der Waals surface area contributed by atoms with Crippen molar-refractivity contribution in [1.29, 1.82) is 0 Å². The Balaban J connectivity index is 1.49. The van der Waals surface area contributed by atoms with E-state index in [9.17, 15) is 14.7 Å². The summed E-state index contributed by atoms with van der Waals surface area (Å²) in [6.07, 6.45) is 6.83. The van der Waals surface area contributed by atoms with Crippen LogP contribution in [0, 0.1) is 5.92 Å². The van der Waals surface area contributed by atoms with E-state index in [4.69, 9.17) is 18.9 Å². The van der Waals surface area contributed by atoms with Crippen molar-refractivity contribution in [2.75, 3.05) is 45.5 Å². The van der Waals surface area contributed by atoms with Crippen molar-refractivity contribution in [3.8, 4) is 23.0 Å². The third-order valence-corrected chi connectivity index (χ3v) is 8.65. The Morgan fingerprint density at radius 1 is 1.09 bits per heavy atom.